The van der Waals surface area contributed by atoms with Gasteiger partial charge in [0.15, 0.2) is 0 Å². The van der Waals surface area contributed by atoms with Crippen molar-refractivity contribution in [1.82, 2.24) is 0 Å². The molecule has 0 saturated carbocycles. The molecule has 0 bridgehead atoms. The number of rotatable bonds is 3. The van der Waals surface area contributed by atoms with Crippen LogP contribution in [0.4, 0.5) is 0 Å². The van der Waals surface area contributed by atoms with Crippen molar-refractivity contribution in [3.63, 3.8) is 0 Å². The number of hydrogen-bond acceptors (Lipinski definition) is 1. The Kier molecular flexibility index (Phi) is 4.24. The predicted octanol–water partition coefficient (Wildman–Crippen LogP) is 5.44. The number of benzene rings is 2. The van der Waals surface area contributed by atoms with Crippen LogP contribution in [-0.4, -0.2) is 0 Å². The Morgan fingerprint density at radius 1 is 1.06 bits per heavy atom. The molecule has 0 atom stereocenters. The van der Waals surface area contributed by atoms with E-state index in [0.717, 1.165) is 26.9 Å². The summed E-state index contributed by atoms with van der Waals surface area (Å²) in [6.45, 7) is 2.04. The van der Waals surface area contributed by atoms with Crippen LogP contribution >= 0.6 is 31.9 Å². The molecule has 0 aliphatic heterocycles. The van der Waals surface area contributed by atoms with Gasteiger partial charge in [0, 0.05) is 5.33 Å². The fraction of sp³-hybridized carbons (Fsp3) is 0.143. The van der Waals surface area contributed by atoms with Gasteiger partial charge in [-0.2, -0.15) is 0 Å². The van der Waals surface area contributed by atoms with E-state index in [2.05, 4.69) is 37.9 Å². The van der Waals surface area contributed by atoms with Crippen molar-refractivity contribution in [3.05, 3.63) is 58.1 Å². The predicted molar refractivity (Wildman–Crippen MR) is 78.0 cm³/mol. The number of hydrogen-bond donors (Lipinski definition) is 0. The second-order valence-electron chi connectivity index (χ2n) is 3.77. The van der Waals surface area contributed by atoms with E-state index in [0.29, 0.717) is 0 Å². The van der Waals surface area contributed by atoms with Gasteiger partial charge >= 0.3 is 0 Å². The van der Waals surface area contributed by atoms with Gasteiger partial charge in [0.2, 0.25) is 0 Å². The first-order valence-corrected chi connectivity index (χ1v) is 7.20. The molecule has 0 aromatic heterocycles. The van der Waals surface area contributed by atoms with Gasteiger partial charge in [-0.3, -0.25) is 0 Å². The normalized spacial score (nSPS) is 10.3. The third kappa shape index (κ3) is 3.11. The van der Waals surface area contributed by atoms with E-state index in [1.807, 2.05) is 43.3 Å². The molecule has 0 aliphatic rings. The van der Waals surface area contributed by atoms with Gasteiger partial charge in [-0.05, 0) is 52.2 Å². The van der Waals surface area contributed by atoms with Crippen LogP contribution in [0.5, 0.6) is 11.5 Å². The lowest BCUT2D eigenvalue weighted by molar-refractivity contribution is 0.476. The lowest BCUT2D eigenvalue weighted by Gasteiger charge is -2.10. The molecule has 0 N–H and O–H groups in total. The number of alkyl halides is 1. The van der Waals surface area contributed by atoms with E-state index in [-0.39, 0.29) is 0 Å². The second kappa shape index (κ2) is 5.69. The summed E-state index contributed by atoms with van der Waals surface area (Å²) in [7, 11) is 0. The second-order valence-corrected chi connectivity index (χ2v) is 5.18. The maximum absolute atomic E-state index is 5.88. The standard InChI is InChI=1S/C14H12Br2O/c1-10-4-2-3-5-13(10)17-14-7-6-11(9-15)8-12(14)16/h2-8H,9H2,1H3. The highest BCUT2D eigenvalue weighted by Gasteiger charge is 2.05. The van der Waals surface area contributed by atoms with Gasteiger partial charge in [0.1, 0.15) is 11.5 Å². The van der Waals surface area contributed by atoms with Gasteiger partial charge in [-0.25, -0.2) is 0 Å². The summed E-state index contributed by atoms with van der Waals surface area (Å²) in [5.41, 5.74) is 2.35. The van der Waals surface area contributed by atoms with E-state index < -0.39 is 0 Å². The maximum atomic E-state index is 5.88. The third-order valence-electron chi connectivity index (χ3n) is 2.46. The summed E-state index contributed by atoms with van der Waals surface area (Å²) in [6, 6.07) is 14.1. The molecule has 0 radical (unpaired) electrons. The summed E-state index contributed by atoms with van der Waals surface area (Å²) in [5.74, 6) is 1.73. The number of para-hydroxylation sites is 1. The summed E-state index contributed by atoms with van der Waals surface area (Å²) in [6.07, 6.45) is 0. The summed E-state index contributed by atoms with van der Waals surface area (Å²) < 4.78 is 6.85. The minimum absolute atomic E-state index is 0.837. The zero-order valence-electron chi connectivity index (χ0n) is 9.41. The fourth-order valence-corrected chi connectivity index (χ4v) is 2.36. The molecule has 0 amide bonds. The van der Waals surface area contributed by atoms with Crippen molar-refractivity contribution in [1.29, 1.82) is 0 Å². The van der Waals surface area contributed by atoms with Crippen molar-refractivity contribution in [2.24, 2.45) is 0 Å². The van der Waals surface area contributed by atoms with Crippen molar-refractivity contribution in [2.45, 2.75) is 12.3 Å². The van der Waals surface area contributed by atoms with Crippen molar-refractivity contribution in [2.75, 3.05) is 0 Å². The molecule has 0 spiro atoms. The van der Waals surface area contributed by atoms with Crippen LogP contribution < -0.4 is 4.74 Å². The molecule has 0 fully saturated rings. The number of halogens is 2. The third-order valence-corrected chi connectivity index (χ3v) is 3.73. The van der Waals surface area contributed by atoms with Crippen LogP contribution in [0.3, 0.4) is 0 Å². The molecule has 2 aromatic carbocycles. The Morgan fingerprint density at radius 3 is 2.47 bits per heavy atom. The first-order valence-electron chi connectivity index (χ1n) is 5.28. The molecular weight excluding hydrogens is 344 g/mol. The Balaban J connectivity index is 2.28. The average Bonchev–Trinajstić information content (AvgIpc) is 2.34. The molecular formula is C14H12Br2O. The highest BCUT2D eigenvalue weighted by atomic mass is 79.9. The fourth-order valence-electron chi connectivity index (χ4n) is 1.50. The smallest absolute Gasteiger partial charge is 0.141 e. The van der Waals surface area contributed by atoms with Crippen LogP contribution in [0.2, 0.25) is 0 Å². The maximum Gasteiger partial charge on any atom is 0.141 e. The largest absolute Gasteiger partial charge is 0.456 e. The Morgan fingerprint density at radius 2 is 1.82 bits per heavy atom. The first-order chi connectivity index (χ1) is 8.20. The molecule has 1 nitrogen and oxygen atoms in total. The van der Waals surface area contributed by atoms with E-state index >= 15 is 0 Å². The van der Waals surface area contributed by atoms with E-state index in [4.69, 9.17) is 4.74 Å². The van der Waals surface area contributed by atoms with Gasteiger partial charge in [-0.15, -0.1) is 0 Å². The molecule has 0 aliphatic carbocycles. The molecule has 0 saturated heterocycles. The molecule has 0 heterocycles. The Hall–Kier alpha value is -0.800. The highest BCUT2D eigenvalue weighted by molar-refractivity contribution is 9.10. The van der Waals surface area contributed by atoms with Gasteiger partial charge in [0.05, 0.1) is 4.47 Å². The monoisotopic (exact) mass is 354 g/mol. The quantitative estimate of drug-likeness (QED) is 0.665. The average molecular weight is 356 g/mol. The van der Waals surface area contributed by atoms with Crippen molar-refractivity contribution >= 4 is 31.9 Å². The Bertz CT molecular complexity index is 523. The molecule has 0 unspecified atom stereocenters. The number of ether oxygens (including phenoxy) is 1. The minimum Gasteiger partial charge on any atom is -0.456 e. The van der Waals surface area contributed by atoms with Crippen molar-refractivity contribution in [3.8, 4) is 11.5 Å². The van der Waals surface area contributed by atoms with Crippen LogP contribution in [0.1, 0.15) is 11.1 Å². The zero-order chi connectivity index (χ0) is 12.3. The van der Waals surface area contributed by atoms with Crippen LogP contribution in [-0.2, 0) is 5.33 Å². The summed E-state index contributed by atoms with van der Waals surface area (Å²) in [5, 5.41) is 0.843. The topological polar surface area (TPSA) is 9.23 Å². The van der Waals surface area contributed by atoms with Gasteiger partial charge in [-0.1, -0.05) is 40.2 Å². The number of aryl methyl sites for hydroxylation is 1. The van der Waals surface area contributed by atoms with E-state index in [1.165, 1.54) is 5.56 Å². The van der Waals surface area contributed by atoms with E-state index in [9.17, 15) is 0 Å². The highest BCUT2D eigenvalue weighted by Crippen LogP contribution is 2.32. The molecule has 3 heteroatoms. The van der Waals surface area contributed by atoms with Gasteiger partial charge < -0.3 is 4.74 Å². The molecule has 2 aromatic rings. The van der Waals surface area contributed by atoms with Crippen LogP contribution in [0.25, 0.3) is 0 Å². The minimum atomic E-state index is 0.837. The Labute approximate surface area is 118 Å². The summed E-state index contributed by atoms with van der Waals surface area (Å²) >= 11 is 6.96. The lowest BCUT2D eigenvalue weighted by Crippen LogP contribution is -1.89. The van der Waals surface area contributed by atoms with E-state index in [1.54, 1.807) is 0 Å². The van der Waals surface area contributed by atoms with Crippen molar-refractivity contribution < 1.29 is 4.74 Å². The SMILES string of the molecule is Cc1ccccc1Oc1ccc(CBr)cc1Br. The van der Waals surface area contributed by atoms with Gasteiger partial charge in [0.25, 0.3) is 0 Å². The summed E-state index contributed by atoms with van der Waals surface area (Å²) in [4.78, 5) is 0. The van der Waals surface area contributed by atoms with Crippen LogP contribution in [0.15, 0.2) is 46.9 Å². The first kappa shape index (κ1) is 12.7. The zero-order valence-corrected chi connectivity index (χ0v) is 12.6. The lowest BCUT2D eigenvalue weighted by atomic mass is 10.2. The molecule has 2 rings (SSSR count). The van der Waals surface area contributed by atoms with Crippen LogP contribution in [0, 0.1) is 6.92 Å². The molecule has 17 heavy (non-hydrogen) atoms. The molecule has 88 valence electrons.